The van der Waals surface area contributed by atoms with Gasteiger partial charge in [0.2, 0.25) is 0 Å². The molecule has 0 aliphatic heterocycles. The van der Waals surface area contributed by atoms with Gasteiger partial charge in [-0.2, -0.15) is 0 Å². The molecule has 0 aromatic heterocycles. The van der Waals surface area contributed by atoms with Gasteiger partial charge in [-0.3, -0.25) is 0 Å². The van der Waals surface area contributed by atoms with Gasteiger partial charge in [0, 0.05) is 0 Å². The van der Waals surface area contributed by atoms with E-state index >= 15 is 0 Å². The third kappa shape index (κ3) is 3.42. The number of anilines is 1. The van der Waals surface area contributed by atoms with Crippen molar-refractivity contribution in [2.24, 2.45) is 0 Å². The van der Waals surface area contributed by atoms with Crippen molar-refractivity contribution < 1.29 is 8.53 Å². The van der Waals surface area contributed by atoms with Crippen LogP contribution in [0.2, 0.25) is 0 Å². The van der Waals surface area contributed by atoms with Gasteiger partial charge in [-0.05, 0) is 0 Å². The Hall–Kier alpha value is -0.952. The first kappa shape index (κ1) is 11.1. The van der Waals surface area contributed by atoms with Gasteiger partial charge in [0.25, 0.3) is 0 Å². The van der Waals surface area contributed by atoms with E-state index in [0.717, 1.165) is 16.5 Å². The standard InChI is InChI=1S/C10H12AsNO2/c1-2-3-10(13)12-9-6-4-8(11-14)5-7-9/h4-7H,2-3H2,1H3,(H,12,13). The molecule has 0 spiro atoms. The summed E-state index contributed by atoms with van der Waals surface area (Å²) in [5.74, 6) is 0.0237. The number of carbonyl (C=O) groups excluding carboxylic acids is 1. The quantitative estimate of drug-likeness (QED) is 0.817. The predicted octanol–water partition coefficient (Wildman–Crippen LogP) is 1.10. The average molecular weight is 253 g/mol. The molecule has 1 aromatic carbocycles. The summed E-state index contributed by atoms with van der Waals surface area (Å²) >= 11 is -0.965. The average Bonchev–Trinajstić information content (AvgIpc) is 2.19. The van der Waals surface area contributed by atoms with E-state index in [-0.39, 0.29) is 5.91 Å². The number of amides is 1. The SMILES string of the molecule is CCCC(=O)Nc1ccc([As]=O)cc1. The van der Waals surface area contributed by atoms with Crippen LogP contribution in [0, 0.1) is 0 Å². The van der Waals surface area contributed by atoms with Crippen molar-refractivity contribution in [2.75, 3.05) is 5.32 Å². The Balaban J connectivity index is 2.59. The van der Waals surface area contributed by atoms with Gasteiger partial charge in [-0.15, -0.1) is 0 Å². The first-order chi connectivity index (χ1) is 6.76. The van der Waals surface area contributed by atoms with Crippen LogP contribution in [-0.2, 0) is 8.53 Å². The summed E-state index contributed by atoms with van der Waals surface area (Å²) in [6, 6.07) is 7.09. The van der Waals surface area contributed by atoms with Crippen molar-refractivity contribution in [2.45, 2.75) is 19.8 Å². The number of hydrogen-bond donors (Lipinski definition) is 1. The summed E-state index contributed by atoms with van der Waals surface area (Å²) < 4.78 is 11.4. The summed E-state index contributed by atoms with van der Waals surface area (Å²) in [6.07, 6.45) is 1.38. The van der Waals surface area contributed by atoms with Gasteiger partial charge in [0.1, 0.15) is 0 Å². The zero-order chi connectivity index (χ0) is 10.4. The second-order valence-electron chi connectivity index (χ2n) is 2.94. The van der Waals surface area contributed by atoms with Crippen LogP contribution in [0.25, 0.3) is 0 Å². The number of hydrogen-bond acceptors (Lipinski definition) is 2. The van der Waals surface area contributed by atoms with E-state index in [1.54, 1.807) is 24.3 Å². The van der Waals surface area contributed by atoms with Crippen molar-refractivity contribution in [1.29, 1.82) is 0 Å². The van der Waals surface area contributed by atoms with Crippen LogP contribution in [0.4, 0.5) is 5.69 Å². The fraction of sp³-hybridized carbons (Fsp3) is 0.300. The predicted molar refractivity (Wildman–Crippen MR) is 56.1 cm³/mol. The van der Waals surface area contributed by atoms with Crippen LogP contribution >= 0.6 is 0 Å². The molecule has 0 aliphatic rings. The molecule has 74 valence electrons. The van der Waals surface area contributed by atoms with E-state index in [1.165, 1.54) is 0 Å². The molecule has 1 aromatic rings. The molecular weight excluding hydrogens is 241 g/mol. The van der Waals surface area contributed by atoms with Crippen molar-refractivity contribution in [3.05, 3.63) is 24.3 Å². The number of carbonyl (C=O) groups is 1. The van der Waals surface area contributed by atoms with E-state index < -0.39 is 15.7 Å². The zero-order valence-electron chi connectivity index (χ0n) is 7.99. The van der Waals surface area contributed by atoms with Gasteiger partial charge in [0.15, 0.2) is 0 Å². The Morgan fingerprint density at radius 3 is 2.50 bits per heavy atom. The maximum absolute atomic E-state index is 11.2. The second-order valence-corrected chi connectivity index (χ2v) is 4.40. The van der Waals surface area contributed by atoms with Crippen LogP contribution in [0.1, 0.15) is 19.8 Å². The van der Waals surface area contributed by atoms with Crippen molar-refractivity contribution in [3.8, 4) is 0 Å². The van der Waals surface area contributed by atoms with Crippen LogP contribution in [0.3, 0.4) is 0 Å². The summed E-state index contributed by atoms with van der Waals surface area (Å²) in [5.41, 5.74) is 0.766. The van der Waals surface area contributed by atoms with Gasteiger partial charge < -0.3 is 0 Å². The Bertz CT molecular complexity index is 321. The molecule has 0 saturated heterocycles. The molecule has 1 rings (SSSR count). The molecule has 0 saturated carbocycles. The molecule has 1 N–H and O–H groups in total. The van der Waals surface area contributed by atoms with E-state index in [0.29, 0.717) is 6.42 Å². The molecule has 0 atom stereocenters. The second kappa shape index (κ2) is 5.71. The number of benzene rings is 1. The molecule has 3 nitrogen and oxygen atoms in total. The maximum atomic E-state index is 11.2. The van der Waals surface area contributed by atoms with Crippen molar-refractivity contribution >= 4 is 31.6 Å². The Morgan fingerprint density at radius 1 is 1.36 bits per heavy atom. The topological polar surface area (TPSA) is 46.2 Å². The summed E-state index contributed by atoms with van der Waals surface area (Å²) in [4.78, 5) is 11.2. The summed E-state index contributed by atoms with van der Waals surface area (Å²) in [5, 5.41) is 2.76. The molecule has 0 radical (unpaired) electrons. The number of rotatable bonds is 4. The van der Waals surface area contributed by atoms with Crippen LogP contribution in [-0.4, -0.2) is 21.6 Å². The molecule has 14 heavy (non-hydrogen) atoms. The van der Waals surface area contributed by atoms with Gasteiger partial charge in [-0.25, -0.2) is 0 Å². The fourth-order valence-corrected chi connectivity index (χ4v) is 1.62. The van der Waals surface area contributed by atoms with Gasteiger partial charge in [0.05, 0.1) is 0 Å². The van der Waals surface area contributed by atoms with Gasteiger partial charge >= 0.3 is 89.5 Å². The Morgan fingerprint density at radius 2 is 2.00 bits per heavy atom. The Kier molecular flexibility index (Phi) is 4.54. The first-order valence-electron chi connectivity index (χ1n) is 4.49. The van der Waals surface area contributed by atoms with E-state index in [1.807, 2.05) is 6.92 Å². The molecule has 0 heterocycles. The first-order valence-corrected chi connectivity index (χ1v) is 6.20. The van der Waals surface area contributed by atoms with Gasteiger partial charge in [-0.1, -0.05) is 0 Å². The van der Waals surface area contributed by atoms with Crippen molar-refractivity contribution in [3.63, 3.8) is 0 Å². The molecule has 0 aliphatic carbocycles. The van der Waals surface area contributed by atoms with E-state index in [9.17, 15) is 8.53 Å². The molecule has 0 unspecified atom stereocenters. The Labute approximate surface area is 89.8 Å². The molecular formula is C10H12AsNO2. The third-order valence-electron chi connectivity index (χ3n) is 1.73. The monoisotopic (exact) mass is 253 g/mol. The van der Waals surface area contributed by atoms with E-state index in [4.69, 9.17) is 0 Å². The third-order valence-corrected chi connectivity index (χ3v) is 2.80. The summed E-state index contributed by atoms with van der Waals surface area (Å²) in [7, 11) is 0. The molecule has 1 amide bonds. The molecule has 0 fully saturated rings. The number of nitrogens with one attached hydrogen (secondary N) is 1. The fourth-order valence-electron chi connectivity index (χ4n) is 1.06. The van der Waals surface area contributed by atoms with Crippen LogP contribution < -0.4 is 9.67 Å². The normalized spacial score (nSPS) is 10.1. The van der Waals surface area contributed by atoms with Crippen molar-refractivity contribution in [1.82, 2.24) is 0 Å². The minimum absolute atomic E-state index is 0.0237. The van der Waals surface area contributed by atoms with E-state index in [2.05, 4.69) is 5.32 Å². The van der Waals surface area contributed by atoms with Crippen LogP contribution in [0.5, 0.6) is 0 Å². The minimum atomic E-state index is -0.965. The zero-order valence-corrected chi connectivity index (χ0v) is 9.86. The van der Waals surface area contributed by atoms with Crippen LogP contribution in [0.15, 0.2) is 24.3 Å². The molecule has 4 heteroatoms. The summed E-state index contributed by atoms with van der Waals surface area (Å²) in [6.45, 7) is 1.96. The molecule has 0 bridgehead atoms.